The van der Waals surface area contributed by atoms with E-state index in [1.165, 1.54) is 18.2 Å². The summed E-state index contributed by atoms with van der Waals surface area (Å²) < 4.78 is 0. The molecule has 0 aliphatic carbocycles. The number of amides is 2. The van der Waals surface area contributed by atoms with Gasteiger partial charge in [0.25, 0.3) is 0 Å². The standard InChI is InChI=1S/C20H26N4O10S/c21-10(19(31)32)4-5-15(27)24-11(18(30)23-7-16(28)29)8-35-14(20(33)34)6-13(26)9-2-1-3-12(25)17(9)22/h1-3,10-11,14,25H,4-8,21-22H2,(H,23,30)(H,24,27)(H,28,29)(H,31,32)(H,33,34)/t10-,11?,14?/m0/s1. The van der Waals surface area contributed by atoms with Crippen molar-refractivity contribution in [2.75, 3.05) is 18.0 Å². The molecular weight excluding hydrogens is 488 g/mol. The van der Waals surface area contributed by atoms with Crippen molar-refractivity contribution in [1.82, 2.24) is 10.6 Å². The van der Waals surface area contributed by atoms with E-state index in [-0.39, 0.29) is 35.6 Å². The number of ketones is 1. The van der Waals surface area contributed by atoms with Crippen molar-refractivity contribution in [1.29, 1.82) is 0 Å². The van der Waals surface area contributed by atoms with Gasteiger partial charge in [-0.15, -0.1) is 11.8 Å². The van der Waals surface area contributed by atoms with Crippen molar-refractivity contribution in [2.24, 2.45) is 5.73 Å². The largest absolute Gasteiger partial charge is 0.506 e. The molecule has 0 heterocycles. The maximum absolute atomic E-state index is 12.5. The molecule has 0 aliphatic rings. The number of nitrogens with one attached hydrogen (secondary N) is 2. The molecule has 15 heteroatoms. The van der Waals surface area contributed by atoms with E-state index in [9.17, 15) is 39.0 Å². The Bertz CT molecular complexity index is 987. The average Bonchev–Trinajstić information content (AvgIpc) is 2.78. The van der Waals surface area contributed by atoms with Crippen LogP contribution in [0.5, 0.6) is 5.75 Å². The Morgan fingerprint density at radius 3 is 2.26 bits per heavy atom. The average molecular weight is 515 g/mol. The number of rotatable bonds is 15. The Kier molecular flexibility index (Phi) is 11.5. The predicted molar refractivity (Wildman–Crippen MR) is 123 cm³/mol. The predicted octanol–water partition coefficient (Wildman–Crippen LogP) is -1.39. The third-order valence-electron chi connectivity index (χ3n) is 4.56. The molecule has 3 atom stereocenters. The molecule has 0 spiro atoms. The number of hydrogen-bond donors (Lipinski definition) is 8. The van der Waals surface area contributed by atoms with Crippen molar-refractivity contribution in [3.63, 3.8) is 0 Å². The first-order valence-corrected chi connectivity index (χ1v) is 11.1. The Balaban J connectivity index is 2.90. The van der Waals surface area contributed by atoms with Gasteiger partial charge < -0.3 is 42.5 Å². The van der Waals surface area contributed by atoms with E-state index in [1.54, 1.807) is 0 Å². The lowest BCUT2D eigenvalue weighted by atomic mass is 10.0. The number of thioether (sulfide) groups is 1. The van der Waals surface area contributed by atoms with E-state index < -0.39 is 65.8 Å². The lowest BCUT2D eigenvalue weighted by molar-refractivity contribution is -0.139. The van der Waals surface area contributed by atoms with Crippen molar-refractivity contribution < 1.29 is 49.2 Å². The number of nitrogens with two attached hydrogens (primary N) is 2. The summed E-state index contributed by atoms with van der Waals surface area (Å²) in [7, 11) is 0. The molecule has 14 nitrogen and oxygen atoms in total. The van der Waals surface area contributed by atoms with Gasteiger partial charge in [-0.2, -0.15) is 0 Å². The highest BCUT2D eigenvalue weighted by Crippen LogP contribution is 2.27. The molecule has 2 amide bonds. The summed E-state index contributed by atoms with van der Waals surface area (Å²) in [6, 6.07) is 1.21. The molecule has 0 aromatic heterocycles. The highest BCUT2D eigenvalue weighted by atomic mass is 32.2. The van der Waals surface area contributed by atoms with E-state index in [0.717, 1.165) is 0 Å². The van der Waals surface area contributed by atoms with E-state index in [1.807, 2.05) is 0 Å². The number of carboxylic acids is 3. The van der Waals surface area contributed by atoms with Crippen LogP contribution in [0.1, 0.15) is 29.6 Å². The zero-order chi connectivity index (χ0) is 26.7. The smallest absolute Gasteiger partial charge is 0.322 e. The summed E-state index contributed by atoms with van der Waals surface area (Å²) in [5.74, 6) is -7.18. The lowest BCUT2D eigenvalue weighted by Gasteiger charge is -2.20. The fraction of sp³-hybridized carbons (Fsp3) is 0.400. The maximum Gasteiger partial charge on any atom is 0.322 e. The second-order valence-electron chi connectivity index (χ2n) is 7.24. The van der Waals surface area contributed by atoms with Crippen molar-refractivity contribution in [3.05, 3.63) is 23.8 Å². The van der Waals surface area contributed by atoms with Gasteiger partial charge in [-0.25, -0.2) is 0 Å². The third kappa shape index (κ3) is 9.89. The van der Waals surface area contributed by atoms with Crippen LogP contribution >= 0.6 is 11.8 Å². The van der Waals surface area contributed by atoms with Gasteiger partial charge in [-0.3, -0.25) is 28.8 Å². The van der Waals surface area contributed by atoms with Crippen LogP contribution in [0, 0.1) is 0 Å². The number of phenols is 1. The molecule has 1 aromatic carbocycles. The second kappa shape index (κ2) is 13.8. The minimum Gasteiger partial charge on any atom is -0.506 e. The van der Waals surface area contributed by atoms with Gasteiger partial charge in [0.2, 0.25) is 11.8 Å². The number of benzene rings is 1. The number of para-hydroxylation sites is 1. The van der Waals surface area contributed by atoms with Gasteiger partial charge in [0.05, 0.1) is 5.69 Å². The van der Waals surface area contributed by atoms with Crippen LogP contribution < -0.4 is 22.1 Å². The van der Waals surface area contributed by atoms with Crippen molar-refractivity contribution in [3.8, 4) is 5.75 Å². The van der Waals surface area contributed by atoms with Crippen LogP contribution in [0.4, 0.5) is 5.69 Å². The summed E-state index contributed by atoms with van der Waals surface area (Å²) in [6.07, 6.45) is -1.16. The van der Waals surface area contributed by atoms with Gasteiger partial charge in [-0.1, -0.05) is 6.07 Å². The molecule has 0 aliphatic heterocycles. The molecule has 2 unspecified atom stereocenters. The zero-order valence-corrected chi connectivity index (χ0v) is 19.1. The Morgan fingerprint density at radius 1 is 1.03 bits per heavy atom. The quantitative estimate of drug-likeness (QED) is 0.0762. The fourth-order valence-electron chi connectivity index (χ4n) is 2.65. The molecule has 0 saturated heterocycles. The SMILES string of the molecule is Nc1c(O)cccc1C(=O)CC(SCC(NC(=O)CC[C@H](N)C(=O)O)C(=O)NCC(=O)O)C(=O)O. The number of aliphatic carboxylic acids is 3. The van der Waals surface area contributed by atoms with Crippen LogP contribution in [0.15, 0.2) is 18.2 Å². The number of phenolic OH excluding ortho intramolecular Hbond substituents is 1. The van der Waals surface area contributed by atoms with E-state index in [0.29, 0.717) is 11.8 Å². The number of carboxylic acid groups (broad SMARTS) is 3. The van der Waals surface area contributed by atoms with Gasteiger partial charge >= 0.3 is 17.9 Å². The minimum absolute atomic E-state index is 0.0873. The number of carbonyl (C=O) groups is 6. The Morgan fingerprint density at radius 2 is 1.69 bits per heavy atom. The molecule has 0 bridgehead atoms. The van der Waals surface area contributed by atoms with E-state index in [4.69, 9.17) is 21.7 Å². The van der Waals surface area contributed by atoms with Crippen LogP contribution in [-0.2, 0) is 24.0 Å². The number of Topliss-reactive ketones (excluding diaryl/α,β-unsaturated/α-hetero) is 1. The maximum atomic E-state index is 12.5. The third-order valence-corrected chi connectivity index (χ3v) is 5.86. The van der Waals surface area contributed by atoms with Gasteiger partial charge in [0.15, 0.2) is 5.78 Å². The van der Waals surface area contributed by atoms with Crippen LogP contribution in [0.25, 0.3) is 0 Å². The van der Waals surface area contributed by atoms with Crippen LogP contribution in [0.3, 0.4) is 0 Å². The molecule has 35 heavy (non-hydrogen) atoms. The van der Waals surface area contributed by atoms with Crippen molar-refractivity contribution >= 4 is 53.0 Å². The van der Waals surface area contributed by atoms with Gasteiger partial charge in [0.1, 0.15) is 29.6 Å². The second-order valence-corrected chi connectivity index (χ2v) is 8.48. The first-order chi connectivity index (χ1) is 16.3. The summed E-state index contributed by atoms with van der Waals surface area (Å²) in [4.78, 5) is 70.2. The van der Waals surface area contributed by atoms with Gasteiger partial charge in [0, 0.05) is 24.2 Å². The summed E-state index contributed by atoms with van der Waals surface area (Å²) in [5.41, 5.74) is 10.7. The van der Waals surface area contributed by atoms with Crippen LogP contribution in [0.2, 0.25) is 0 Å². The summed E-state index contributed by atoms with van der Waals surface area (Å²) in [5, 5.41) is 39.7. The molecule has 0 fully saturated rings. The molecular formula is C20H26N4O10S. The molecule has 192 valence electrons. The Hall–Kier alpha value is -3.85. The number of anilines is 1. The van der Waals surface area contributed by atoms with Gasteiger partial charge in [-0.05, 0) is 18.6 Å². The molecule has 1 aromatic rings. The minimum atomic E-state index is -1.40. The van der Waals surface area contributed by atoms with Crippen LogP contribution in [-0.4, -0.2) is 85.6 Å². The fourth-order valence-corrected chi connectivity index (χ4v) is 3.72. The highest BCUT2D eigenvalue weighted by molar-refractivity contribution is 8.00. The first kappa shape index (κ1) is 29.2. The lowest BCUT2D eigenvalue weighted by Crippen LogP contribution is -2.50. The number of carbonyl (C=O) groups excluding carboxylic acids is 3. The highest BCUT2D eigenvalue weighted by Gasteiger charge is 2.28. The monoisotopic (exact) mass is 514 g/mol. The normalized spacial score (nSPS) is 13.2. The molecule has 0 saturated carbocycles. The van der Waals surface area contributed by atoms with E-state index in [2.05, 4.69) is 10.6 Å². The summed E-state index contributed by atoms with van der Waals surface area (Å²) in [6.45, 7) is -0.766. The first-order valence-electron chi connectivity index (χ1n) is 10.1. The Labute approximate surface area is 203 Å². The van der Waals surface area contributed by atoms with Crippen molar-refractivity contribution in [2.45, 2.75) is 36.6 Å². The zero-order valence-electron chi connectivity index (χ0n) is 18.3. The number of aromatic hydroxyl groups is 1. The topological polar surface area (TPSA) is 259 Å². The molecule has 0 radical (unpaired) electrons. The number of nitrogen functional groups attached to an aromatic ring is 1. The number of hydrogen-bond acceptors (Lipinski definition) is 10. The molecule has 1 rings (SSSR count). The molecule has 10 N–H and O–H groups in total. The van der Waals surface area contributed by atoms with E-state index >= 15 is 0 Å². The summed E-state index contributed by atoms with van der Waals surface area (Å²) >= 11 is 0.639.